The van der Waals surface area contributed by atoms with E-state index in [1.54, 1.807) is 12.1 Å². The Morgan fingerprint density at radius 1 is 1.35 bits per heavy atom. The van der Waals surface area contributed by atoms with E-state index in [-0.39, 0.29) is 5.82 Å². The van der Waals surface area contributed by atoms with Gasteiger partial charge < -0.3 is 9.84 Å². The number of halogens is 2. The lowest BCUT2D eigenvalue weighted by Crippen LogP contribution is -2.42. The SMILES string of the molecule is Fc1ccc(-c2noc(CN3CCNCC3)n2)cc1Br. The molecule has 1 aliphatic rings. The van der Waals surface area contributed by atoms with Crippen LogP contribution >= 0.6 is 15.9 Å². The van der Waals surface area contributed by atoms with E-state index in [1.165, 1.54) is 6.07 Å². The van der Waals surface area contributed by atoms with Crippen molar-refractivity contribution in [2.24, 2.45) is 0 Å². The Morgan fingerprint density at radius 2 is 2.15 bits per heavy atom. The maximum Gasteiger partial charge on any atom is 0.241 e. The number of rotatable bonds is 3. The standard InChI is InChI=1S/C13H14BrFN4O/c14-10-7-9(1-2-11(10)15)13-17-12(20-18-13)8-19-5-3-16-4-6-19/h1-2,7,16H,3-6,8H2. The molecule has 0 bridgehead atoms. The molecule has 0 aliphatic carbocycles. The number of nitrogens with zero attached hydrogens (tertiary/aromatic N) is 3. The molecule has 0 atom stereocenters. The summed E-state index contributed by atoms with van der Waals surface area (Å²) in [6.45, 7) is 4.55. The van der Waals surface area contributed by atoms with Crippen molar-refractivity contribution in [2.75, 3.05) is 26.2 Å². The maximum atomic E-state index is 13.2. The Balaban J connectivity index is 1.73. The van der Waals surface area contributed by atoms with E-state index in [1.807, 2.05) is 0 Å². The highest BCUT2D eigenvalue weighted by Gasteiger charge is 2.15. The molecule has 0 amide bonds. The summed E-state index contributed by atoms with van der Waals surface area (Å²) < 4.78 is 18.9. The zero-order valence-corrected chi connectivity index (χ0v) is 12.4. The Bertz CT molecular complexity index is 598. The summed E-state index contributed by atoms with van der Waals surface area (Å²) >= 11 is 3.15. The molecule has 5 nitrogen and oxygen atoms in total. The first kappa shape index (κ1) is 13.7. The van der Waals surface area contributed by atoms with Crippen molar-refractivity contribution in [2.45, 2.75) is 6.54 Å². The highest BCUT2D eigenvalue weighted by Crippen LogP contribution is 2.23. The fourth-order valence-electron chi connectivity index (χ4n) is 2.13. The van der Waals surface area contributed by atoms with Crippen LogP contribution in [0.15, 0.2) is 27.2 Å². The lowest BCUT2D eigenvalue weighted by atomic mass is 10.2. The molecule has 3 rings (SSSR count). The summed E-state index contributed by atoms with van der Waals surface area (Å²) in [5.41, 5.74) is 0.730. The van der Waals surface area contributed by atoms with Gasteiger partial charge in [-0.15, -0.1) is 0 Å². The van der Waals surface area contributed by atoms with Gasteiger partial charge in [-0.25, -0.2) is 4.39 Å². The summed E-state index contributed by atoms with van der Waals surface area (Å²) in [5, 5.41) is 7.25. The van der Waals surface area contributed by atoms with Gasteiger partial charge >= 0.3 is 0 Å². The minimum atomic E-state index is -0.307. The molecule has 0 spiro atoms. The van der Waals surface area contributed by atoms with Crippen molar-refractivity contribution in [1.29, 1.82) is 0 Å². The average molecular weight is 341 g/mol. The summed E-state index contributed by atoms with van der Waals surface area (Å²) in [5.74, 6) is 0.761. The van der Waals surface area contributed by atoms with Crippen molar-refractivity contribution in [3.8, 4) is 11.4 Å². The molecule has 0 unspecified atom stereocenters. The highest BCUT2D eigenvalue weighted by atomic mass is 79.9. The zero-order valence-electron chi connectivity index (χ0n) is 10.8. The Kier molecular flexibility index (Phi) is 4.09. The lowest BCUT2D eigenvalue weighted by Gasteiger charge is -2.25. The minimum absolute atomic E-state index is 0.307. The molecule has 1 saturated heterocycles. The number of hydrogen-bond acceptors (Lipinski definition) is 5. The number of aromatic nitrogens is 2. The van der Waals surface area contributed by atoms with Gasteiger partial charge in [0.25, 0.3) is 0 Å². The Labute approximate surface area is 124 Å². The second-order valence-corrected chi connectivity index (χ2v) is 5.52. The van der Waals surface area contributed by atoms with Gasteiger partial charge in [0.2, 0.25) is 11.7 Å². The highest BCUT2D eigenvalue weighted by molar-refractivity contribution is 9.10. The minimum Gasteiger partial charge on any atom is -0.338 e. The van der Waals surface area contributed by atoms with Gasteiger partial charge in [0, 0.05) is 31.7 Å². The van der Waals surface area contributed by atoms with E-state index in [9.17, 15) is 4.39 Å². The van der Waals surface area contributed by atoms with Crippen molar-refractivity contribution in [3.05, 3.63) is 34.4 Å². The number of nitrogens with one attached hydrogen (secondary N) is 1. The number of hydrogen-bond donors (Lipinski definition) is 1. The van der Waals surface area contributed by atoms with Gasteiger partial charge in [0.05, 0.1) is 11.0 Å². The van der Waals surface area contributed by atoms with Crippen molar-refractivity contribution in [3.63, 3.8) is 0 Å². The molecule has 1 fully saturated rings. The van der Waals surface area contributed by atoms with Gasteiger partial charge in [-0.2, -0.15) is 4.98 Å². The summed E-state index contributed by atoms with van der Waals surface area (Å²) in [6.07, 6.45) is 0. The van der Waals surface area contributed by atoms with Crippen molar-refractivity contribution < 1.29 is 8.91 Å². The van der Waals surface area contributed by atoms with Crippen molar-refractivity contribution in [1.82, 2.24) is 20.4 Å². The van der Waals surface area contributed by atoms with Crippen molar-refractivity contribution >= 4 is 15.9 Å². The van der Waals surface area contributed by atoms with Crippen LogP contribution in [0.4, 0.5) is 4.39 Å². The first-order valence-electron chi connectivity index (χ1n) is 6.43. The monoisotopic (exact) mass is 340 g/mol. The molecule has 1 aromatic heterocycles. The molecule has 0 saturated carbocycles. The second kappa shape index (κ2) is 5.99. The summed E-state index contributed by atoms with van der Waals surface area (Å²) in [6, 6.07) is 4.67. The topological polar surface area (TPSA) is 54.2 Å². The number of benzene rings is 1. The van der Waals surface area contributed by atoms with Gasteiger partial charge in [-0.3, -0.25) is 4.90 Å². The third kappa shape index (κ3) is 3.05. The molecule has 7 heteroatoms. The third-order valence-electron chi connectivity index (χ3n) is 3.21. The molecular weight excluding hydrogens is 327 g/mol. The largest absolute Gasteiger partial charge is 0.338 e. The van der Waals surface area contributed by atoms with E-state index in [0.29, 0.717) is 22.7 Å². The van der Waals surface area contributed by atoms with E-state index in [4.69, 9.17) is 4.52 Å². The van der Waals surface area contributed by atoms with Gasteiger partial charge in [0.1, 0.15) is 5.82 Å². The molecule has 1 N–H and O–H groups in total. The normalized spacial score (nSPS) is 16.5. The lowest BCUT2D eigenvalue weighted by molar-refractivity contribution is 0.203. The first-order valence-corrected chi connectivity index (χ1v) is 7.23. The molecule has 1 aliphatic heterocycles. The molecule has 1 aromatic carbocycles. The van der Waals surface area contributed by atoms with Crippen LogP contribution in [0.5, 0.6) is 0 Å². The average Bonchev–Trinajstić information content (AvgIpc) is 2.91. The molecule has 106 valence electrons. The Morgan fingerprint density at radius 3 is 2.90 bits per heavy atom. The van der Waals surface area contributed by atoms with Gasteiger partial charge in [-0.05, 0) is 34.1 Å². The van der Waals surface area contributed by atoms with Gasteiger partial charge in [0.15, 0.2) is 0 Å². The van der Waals surface area contributed by atoms with Crippen LogP contribution in [0, 0.1) is 5.82 Å². The van der Waals surface area contributed by atoms with E-state index in [2.05, 4.69) is 36.3 Å². The predicted molar refractivity (Wildman–Crippen MR) is 75.5 cm³/mol. The van der Waals surface area contributed by atoms with Crippen LogP contribution in [-0.4, -0.2) is 41.2 Å². The van der Waals surface area contributed by atoms with Crippen LogP contribution in [0.1, 0.15) is 5.89 Å². The van der Waals surface area contributed by atoms with Gasteiger partial charge in [-0.1, -0.05) is 5.16 Å². The molecule has 0 radical (unpaired) electrons. The number of piperazine rings is 1. The third-order valence-corrected chi connectivity index (χ3v) is 3.82. The smallest absolute Gasteiger partial charge is 0.241 e. The van der Waals surface area contributed by atoms with Crippen LogP contribution in [0.25, 0.3) is 11.4 Å². The van der Waals surface area contributed by atoms with Crippen LogP contribution in [0.3, 0.4) is 0 Å². The molecular formula is C13H14BrFN4O. The first-order chi connectivity index (χ1) is 9.72. The van der Waals surface area contributed by atoms with Crippen LogP contribution in [-0.2, 0) is 6.54 Å². The predicted octanol–water partition coefficient (Wildman–Crippen LogP) is 2.04. The molecule has 20 heavy (non-hydrogen) atoms. The van der Waals surface area contributed by atoms with Crippen LogP contribution in [0.2, 0.25) is 0 Å². The van der Waals surface area contributed by atoms with E-state index < -0.39 is 0 Å². The molecule has 2 heterocycles. The molecule has 2 aromatic rings. The van der Waals surface area contributed by atoms with E-state index >= 15 is 0 Å². The summed E-state index contributed by atoms with van der Waals surface area (Å²) in [4.78, 5) is 6.62. The summed E-state index contributed by atoms with van der Waals surface area (Å²) in [7, 11) is 0. The Hall–Kier alpha value is -1.31. The zero-order chi connectivity index (χ0) is 13.9. The fourth-order valence-corrected chi connectivity index (χ4v) is 2.51. The van der Waals surface area contributed by atoms with Crippen LogP contribution < -0.4 is 5.32 Å². The van der Waals surface area contributed by atoms with E-state index in [0.717, 1.165) is 31.7 Å². The quantitative estimate of drug-likeness (QED) is 0.926. The maximum absolute atomic E-state index is 13.2. The fraction of sp³-hybridized carbons (Fsp3) is 0.385. The second-order valence-electron chi connectivity index (χ2n) is 4.67.